The molecule has 168 valence electrons. The van der Waals surface area contributed by atoms with Crippen molar-refractivity contribution < 1.29 is 19.1 Å². The molecule has 2 aromatic rings. The molecule has 0 spiro atoms. The molecule has 2 heterocycles. The molecule has 1 N–H and O–H groups in total. The highest BCUT2D eigenvalue weighted by Gasteiger charge is 2.35. The Bertz CT molecular complexity index is 962. The maximum atomic E-state index is 12.7. The quantitative estimate of drug-likeness (QED) is 0.677. The largest absolute Gasteiger partial charge is 0.379 e. The number of benzene rings is 2. The zero-order chi connectivity index (χ0) is 22.7. The number of ether oxygens (including phenoxy) is 1. The van der Waals surface area contributed by atoms with Crippen LogP contribution in [0.1, 0.15) is 50.5 Å². The SMILES string of the molecule is CC(C)[C@H](CNC(=O)c1ccc(CN2C(=O)c3ccccc3C2=O)cc1)N1CCOCC1. The van der Waals surface area contributed by atoms with E-state index in [0.29, 0.717) is 29.2 Å². The van der Waals surface area contributed by atoms with Crippen molar-refractivity contribution in [1.29, 1.82) is 0 Å². The molecule has 7 nitrogen and oxygen atoms in total. The van der Waals surface area contributed by atoms with Gasteiger partial charge in [0, 0.05) is 31.2 Å². The van der Waals surface area contributed by atoms with Gasteiger partial charge >= 0.3 is 0 Å². The van der Waals surface area contributed by atoms with Crippen LogP contribution in [-0.2, 0) is 11.3 Å². The maximum absolute atomic E-state index is 12.7. The van der Waals surface area contributed by atoms with E-state index >= 15 is 0 Å². The number of morpholine rings is 1. The van der Waals surface area contributed by atoms with E-state index in [-0.39, 0.29) is 30.3 Å². The van der Waals surface area contributed by atoms with Gasteiger partial charge in [0.2, 0.25) is 0 Å². The Morgan fingerprint density at radius 2 is 1.56 bits per heavy atom. The number of hydrogen-bond donors (Lipinski definition) is 1. The minimum Gasteiger partial charge on any atom is -0.379 e. The molecule has 0 saturated carbocycles. The van der Waals surface area contributed by atoms with E-state index in [4.69, 9.17) is 4.74 Å². The van der Waals surface area contributed by atoms with Gasteiger partial charge in [-0.05, 0) is 35.7 Å². The molecule has 2 aromatic carbocycles. The molecule has 0 aliphatic carbocycles. The summed E-state index contributed by atoms with van der Waals surface area (Å²) in [6.45, 7) is 8.31. The summed E-state index contributed by atoms with van der Waals surface area (Å²) in [6.07, 6.45) is 0. The van der Waals surface area contributed by atoms with Gasteiger partial charge in [0.15, 0.2) is 0 Å². The second kappa shape index (κ2) is 9.63. The second-order valence-corrected chi connectivity index (χ2v) is 8.61. The van der Waals surface area contributed by atoms with Crippen molar-refractivity contribution in [3.8, 4) is 0 Å². The first-order valence-corrected chi connectivity index (χ1v) is 11.1. The normalized spacial score (nSPS) is 17.5. The Kier molecular flexibility index (Phi) is 6.67. The molecule has 3 amide bonds. The Hall–Kier alpha value is -3.03. The molecular weight excluding hydrogens is 406 g/mol. The Balaban J connectivity index is 1.36. The first-order chi connectivity index (χ1) is 15.5. The van der Waals surface area contributed by atoms with Crippen molar-refractivity contribution in [2.45, 2.75) is 26.4 Å². The first-order valence-electron chi connectivity index (χ1n) is 11.1. The highest BCUT2D eigenvalue weighted by molar-refractivity contribution is 6.21. The van der Waals surface area contributed by atoms with Crippen LogP contribution in [-0.4, -0.2) is 66.4 Å². The van der Waals surface area contributed by atoms with Gasteiger partial charge in [-0.3, -0.25) is 24.2 Å². The molecule has 1 atom stereocenters. The Morgan fingerprint density at radius 1 is 0.969 bits per heavy atom. The van der Waals surface area contributed by atoms with E-state index in [1.165, 1.54) is 4.90 Å². The summed E-state index contributed by atoms with van der Waals surface area (Å²) in [6, 6.07) is 14.2. The van der Waals surface area contributed by atoms with Crippen LogP contribution in [0.2, 0.25) is 0 Å². The number of fused-ring (bicyclic) bond motifs is 1. The smallest absolute Gasteiger partial charge is 0.261 e. The summed E-state index contributed by atoms with van der Waals surface area (Å²) in [7, 11) is 0. The fourth-order valence-corrected chi connectivity index (χ4v) is 4.32. The van der Waals surface area contributed by atoms with E-state index in [0.717, 1.165) is 31.9 Å². The van der Waals surface area contributed by atoms with Crippen LogP contribution >= 0.6 is 0 Å². The third-order valence-corrected chi connectivity index (χ3v) is 6.19. The molecule has 2 aliphatic rings. The van der Waals surface area contributed by atoms with Gasteiger partial charge in [-0.2, -0.15) is 0 Å². The summed E-state index contributed by atoms with van der Waals surface area (Å²) >= 11 is 0. The molecule has 0 aromatic heterocycles. The average molecular weight is 436 g/mol. The van der Waals surface area contributed by atoms with Crippen LogP contribution in [0.4, 0.5) is 0 Å². The average Bonchev–Trinajstić information content (AvgIpc) is 3.05. The van der Waals surface area contributed by atoms with Gasteiger partial charge in [-0.25, -0.2) is 0 Å². The second-order valence-electron chi connectivity index (χ2n) is 8.61. The van der Waals surface area contributed by atoms with Crippen LogP contribution < -0.4 is 5.32 Å². The van der Waals surface area contributed by atoms with Crippen LogP contribution in [0.15, 0.2) is 48.5 Å². The Morgan fingerprint density at radius 3 is 2.12 bits per heavy atom. The lowest BCUT2D eigenvalue weighted by Gasteiger charge is -2.36. The predicted octanol–water partition coefficient (Wildman–Crippen LogP) is 2.57. The van der Waals surface area contributed by atoms with Crippen molar-refractivity contribution in [2.75, 3.05) is 32.8 Å². The lowest BCUT2D eigenvalue weighted by Crippen LogP contribution is -2.51. The minimum absolute atomic E-state index is 0.129. The van der Waals surface area contributed by atoms with Crippen molar-refractivity contribution in [3.63, 3.8) is 0 Å². The number of nitrogens with zero attached hydrogens (tertiary/aromatic N) is 2. The highest BCUT2D eigenvalue weighted by atomic mass is 16.5. The van der Waals surface area contributed by atoms with Gasteiger partial charge in [0.1, 0.15) is 0 Å². The van der Waals surface area contributed by atoms with E-state index < -0.39 is 0 Å². The summed E-state index contributed by atoms with van der Waals surface area (Å²) in [5, 5.41) is 3.06. The number of hydrogen-bond acceptors (Lipinski definition) is 5. The number of rotatable bonds is 7. The molecule has 32 heavy (non-hydrogen) atoms. The van der Waals surface area contributed by atoms with Crippen LogP contribution in [0.3, 0.4) is 0 Å². The number of carbonyl (C=O) groups is 3. The van der Waals surface area contributed by atoms with Crippen molar-refractivity contribution >= 4 is 17.7 Å². The van der Waals surface area contributed by atoms with E-state index in [2.05, 4.69) is 24.1 Å². The topological polar surface area (TPSA) is 79.0 Å². The van der Waals surface area contributed by atoms with Crippen molar-refractivity contribution in [2.24, 2.45) is 5.92 Å². The fraction of sp³-hybridized carbons (Fsp3) is 0.400. The predicted molar refractivity (Wildman–Crippen MR) is 120 cm³/mol. The molecule has 1 fully saturated rings. The first kappa shape index (κ1) is 22.2. The van der Waals surface area contributed by atoms with Gasteiger partial charge in [-0.1, -0.05) is 38.1 Å². The van der Waals surface area contributed by atoms with Crippen molar-refractivity contribution in [1.82, 2.24) is 15.1 Å². The zero-order valence-corrected chi connectivity index (χ0v) is 18.5. The third-order valence-electron chi connectivity index (χ3n) is 6.19. The summed E-state index contributed by atoms with van der Waals surface area (Å²) < 4.78 is 5.44. The van der Waals surface area contributed by atoms with Crippen LogP contribution in [0, 0.1) is 5.92 Å². The van der Waals surface area contributed by atoms with Crippen molar-refractivity contribution in [3.05, 3.63) is 70.8 Å². The number of imide groups is 1. The van der Waals surface area contributed by atoms with Crippen LogP contribution in [0.25, 0.3) is 0 Å². The minimum atomic E-state index is -0.282. The molecule has 0 radical (unpaired) electrons. The maximum Gasteiger partial charge on any atom is 0.261 e. The molecule has 1 saturated heterocycles. The highest BCUT2D eigenvalue weighted by Crippen LogP contribution is 2.24. The Labute approximate surface area is 188 Å². The summed E-state index contributed by atoms with van der Waals surface area (Å²) in [5.74, 6) is -0.280. The number of carbonyl (C=O) groups excluding carboxylic acids is 3. The number of amides is 3. The molecule has 4 rings (SSSR count). The summed E-state index contributed by atoms with van der Waals surface area (Å²) in [4.78, 5) is 41.4. The van der Waals surface area contributed by atoms with Crippen LogP contribution in [0.5, 0.6) is 0 Å². The molecular formula is C25H29N3O4. The molecule has 7 heteroatoms. The monoisotopic (exact) mass is 435 g/mol. The standard InChI is InChI=1S/C25H29N3O4/c1-17(2)22(27-11-13-32-14-12-27)15-26-23(29)19-9-7-18(8-10-19)16-28-24(30)20-5-3-4-6-21(20)25(28)31/h3-10,17,22H,11-16H2,1-2H3,(H,26,29)/t22-/m0/s1. The van der Waals surface area contributed by atoms with Gasteiger partial charge in [-0.15, -0.1) is 0 Å². The summed E-state index contributed by atoms with van der Waals surface area (Å²) in [5.41, 5.74) is 2.23. The molecule has 2 aliphatic heterocycles. The van der Waals surface area contributed by atoms with Gasteiger partial charge in [0.25, 0.3) is 17.7 Å². The van der Waals surface area contributed by atoms with Gasteiger partial charge in [0.05, 0.1) is 30.9 Å². The lowest BCUT2D eigenvalue weighted by atomic mass is 10.0. The zero-order valence-electron chi connectivity index (χ0n) is 18.5. The van der Waals surface area contributed by atoms with E-state index in [1.54, 1.807) is 48.5 Å². The van der Waals surface area contributed by atoms with E-state index in [9.17, 15) is 14.4 Å². The fourth-order valence-electron chi connectivity index (χ4n) is 4.32. The van der Waals surface area contributed by atoms with Gasteiger partial charge < -0.3 is 10.1 Å². The lowest BCUT2D eigenvalue weighted by molar-refractivity contribution is 0.00672. The third kappa shape index (κ3) is 4.59. The van der Waals surface area contributed by atoms with E-state index in [1.807, 2.05) is 0 Å². The molecule has 0 bridgehead atoms. The molecule has 0 unspecified atom stereocenters. The number of nitrogens with one attached hydrogen (secondary N) is 1.